The van der Waals surface area contributed by atoms with E-state index in [1.807, 2.05) is 30.3 Å². The molecule has 1 fully saturated rings. The lowest BCUT2D eigenvalue weighted by atomic mass is 9.91. The Balaban J connectivity index is 1.42. The number of ether oxygens (including phenoxy) is 1. The van der Waals surface area contributed by atoms with E-state index in [2.05, 4.69) is 17.1 Å². The van der Waals surface area contributed by atoms with Gasteiger partial charge in [-0.3, -0.25) is 4.79 Å². The van der Waals surface area contributed by atoms with Crippen molar-refractivity contribution in [1.82, 2.24) is 4.90 Å². The van der Waals surface area contributed by atoms with Gasteiger partial charge in [0.1, 0.15) is 5.75 Å². The zero-order chi connectivity index (χ0) is 15.2. The van der Waals surface area contributed by atoms with Crippen LogP contribution < -0.4 is 4.74 Å². The molecule has 22 heavy (non-hydrogen) atoms. The van der Waals surface area contributed by atoms with Crippen molar-refractivity contribution in [3.8, 4) is 5.75 Å². The first-order chi connectivity index (χ1) is 10.8. The number of hydrogen-bond acceptors (Lipinski definition) is 2. The minimum atomic E-state index is 0.224. The number of allylic oxidation sites excluding steroid dienone is 2. The Kier molecular flexibility index (Phi) is 5.15. The molecule has 118 valence electrons. The highest BCUT2D eigenvalue weighted by molar-refractivity contribution is 5.79. The molecular formula is C19H25NO2. The molecule has 0 unspecified atom stereocenters. The van der Waals surface area contributed by atoms with E-state index in [-0.39, 0.29) is 5.92 Å². The standard InChI is InChI=1S/C19H25NO2/c21-19(17-7-3-1-4-8-17)20-13-11-16(12-14-20)15-22-18-9-5-2-6-10-18/h1-3,5-6,9-10,16-17H,4,7-8,11-15H2/t17-/m0/s1. The highest BCUT2D eigenvalue weighted by Crippen LogP contribution is 2.25. The predicted molar refractivity (Wildman–Crippen MR) is 87.7 cm³/mol. The Labute approximate surface area is 133 Å². The lowest BCUT2D eigenvalue weighted by Crippen LogP contribution is -2.42. The number of hydrogen-bond donors (Lipinski definition) is 0. The molecule has 0 saturated carbocycles. The fraction of sp³-hybridized carbons (Fsp3) is 0.526. The second kappa shape index (κ2) is 7.48. The number of piperidine rings is 1. The number of para-hydroxylation sites is 1. The first kappa shape index (κ1) is 15.1. The zero-order valence-electron chi connectivity index (χ0n) is 13.1. The zero-order valence-corrected chi connectivity index (χ0v) is 13.1. The van der Waals surface area contributed by atoms with Crippen LogP contribution in [0.3, 0.4) is 0 Å². The lowest BCUT2D eigenvalue weighted by Gasteiger charge is -2.34. The highest BCUT2D eigenvalue weighted by atomic mass is 16.5. The third kappa shape index (κ3) is 3.90. The van der Waals surface area contributed by atoms with E-state index < -0.39 is 0 Å². The molecule has 1 aromatic carbocycles. The summed E-state index contributed by atoms with van der Waals surface area (Å²) in [4.78, 5) is 14.6. The molecule has 0 spiro atoms. The summed E-state index contributed by atoms with van der Waals surface area (Å²) in [7, 11) is 0. The molecule has 1 saturated heterocycles. The summed E-state index contributed by atoms with van der Waals surface area (Å²) in [6.45, 7) is 2.54. The van der Waals surface area contributed by atoms with Gasteiger partial charge in [-0.15, -0.1) is 0 Å². The van der Waals surface area contributed by atoms with Crippen molar-refractivity contribution in [2.75, 3.05) is 19.7 Å². The van der Waals surface area contributed by atoms with E-state index in [1.165, 1.54) is 0 Å². The summed E-state index contributed by atoms with van der Waals surface area (Å²) in [5.74, 6) is 2.10. The normalized spacial score (nSPS) is 22.5. The molecule has 0 N–H and O–H groups in total. The van der Waals surface area contributed by atoms with Gasteiger partial charge in [0, 0.05) is 19.0 Å². The average molecular weight is 299 g/mol. The average Bonchev–Trinajstić information content (AvgIpc) is 2.61. The molecule has 2 aliphatic rings. The molecule has 0 aromatic heterocycles. The maximum atomic E-state index is 12.5. The fourth-order valence-corrected chi connectivity index (χ4v) is 3.33. The molecule has 1 atom stereocenters. The van der Waals surface area contributed by atoms with E-state index >= 15 is 0 Å². The molecule has 0 bridgehead atoms. The summed E-state index contributed by atoms with van der Waals surface area (Å²) < 4.78 is 5.84. The maximum Gasteiger partial charge on any atom is 0.226 e. The molecule has 1 aromatic rings. The fourth-order valence-electron chi connectivity index (χ4n) is 3.33. The number of rotatable bonds is 4. The topological polar surface area (TPSA) is 29.5 Å². The van der Waals surface area contributed by atoms with E-state index in [1.54, 1.807) is 0 Å². The van der Waals surface area contributed by atoms with Gasteiger partial charge in [-0.05, 0) is 50.2 Å². The smallest absolute Gasteiger partial charge is 0.226 e. The second-order valence-electron chi connectivity index (χ2n) is 6.37. The van der Waals surface area contributed by atoms with Crippen LogP contribution in [0.4, 0.5) is 0 Å². The van der Waals surface area contributed by atoms with Crippen molar-refractivity contribution in [2.45, 2.75) is 32.1 Å². The first-order valence-corrected chi connectivity index (χ1v) is 8.44. The van der Waals surface area contributed by atoms with Gasteiger partial charge in [0.15, 0.2) is 0 Å². The predicted octanol–water partition coefficient (Wildman–Crippen LogP) is 3.66. The van der Waals surface area contributed by atoms with Crippen molar-refractivity contribution in [1.29, 1.82) is 0 Å². The van der Waals surface area contributed by atoms with Crippen molar-refractivity contribution in [2.24, 2.45) is 11.8 Å². The molecule has 1 aliphatic carbocycles. The van der Waals surface area contributed by atoms with E-state index in [4.69, 9.17) is 4.74 Å². The van der Waals surface area contributed by atoms with Crippen LogP contribution in [0.25, 0.3) is 0 Å². The Bertz CT molecular complexity index is 503. The minimum absolute atomic E-state index is 0.224. The number of carbonyl (C=O) groups excluding carboxylic acids is 1. The third-order valence-electron chi connectivity index (χ3n) is 4.77. The molecule has 3 nitrogen and oxygen atoms in total. The van der Waals surface area contributed by atoms with Crippen LogP contribution in [0.5, 0.6) is 5.75 Å². The first-order valence-electron chi connectivity index (χ1n) is 8.44. The van der Waals surface area contributed by atoms with E-state index in [0.717, 1.165) is 57.6 Å². The summed E-state index contributed by atoms with van der Waals surface area (Å²) in [5, 5.41) is 0. The Hall–Kier alpha value is -1.77. The third-order valence-corrected chi connectivity index (χ3v) is 4.77. The molecule has 3 rings (SSSR count). The number of nitrogens with zero attached hydrogens (tertiary/aromatic N) is 1. The number of likely N-dealkylation sites (tertiary alicyclic amines) is 1. The largest absolute Gasteiger partial charge is 0.493 e. The van der Waals surface area contributed by atoms with Crippen LogP contribution in [0.1, 0.15) is 32.1 Å². The van der Waals surface area contributed by atoms with Crippen molar-refractivity contribution in [3.05, 3.63) is 42.5 Å². The van der Waals surface area contributed by atoms with Gasteiger partial charge < -0.3 is 9.64 Å². The van der Waals surface area contributed by atoms with Crippen LogP contribution in [-0.4, -0.2) is 30.5 Å². The van der Waals surface area contributed by atoms with Gasteiger partial charge in [0.05, 0.1) is 6.61 Å². The van der Waals surface area contributed by atoms with Crippen molar-refractivity contribution < 1.29 is 9.53 Å². The van der Waals surface area contributed by atoms with Gasteiger partial charge >= 0.3 is 0 Å². The van der Waals surface area contributed by atoms with Crippen LogP contribution in [0.2, 0.25) is 0 Å². The number of benzene rings is 1. The van der Waals surface area contributed by atoms with Crippen LogP contribution >= 0.6 is 0 Å². The van der Waals surface area contributed by atoms with Gasteiger partial charge in [-0.25, -0.2) is 0 Å². The van der Waals surface area contributed by atoms with Crippen molar-refractivity contribution >= 4 is 5.91 Å². The molecule has 0 radical (unpaired) electrons. The monoisotopic (exact) mass is 299 g/mol. The van der Waals surface area contributed by atoms with E-state index in [9.17, 15) is 4.79 Å². The Morgan fingerprint density at radius 1 is 1.09 bits per heavy atom. The van der Waals surface area contributed by atoms with Crippen molar-refractivity contribution in [3.63, 3.8) is 0 Å². The maximum absolute atomic E-state index is 12.5. The molecule has 1 amide bonds. The van der Waals surface area contributed by atoms with Crippen LogP contribution in [0, 0.1) is 11.8 Å². The lowest BCUT2D eigenvalue weighted by molar-refractivity contribution is -0.137. The summed E-state index contributed by atoms with van der Waals surface area (Å²) >= 11 is 0. The molecule has 3 heteroatoms. The van der Waals surface area contributed by atoms with Gasteiger partial charge in [-0.2, -0.15) is 0 Å². The van der Waals surface area contributed by atoms with Crippen LogP contribution in [-0.2, 0) is 4.79 Å². The van der Waals surface area contributed by atoms with E-state index in [0.29, 0.717) is 11.8 Å². The number of amides is 1. The second-order valence-corrected chi connectivity index (χ2v) is 6.37. The quantitative estimate of drug-likeness (QED) is 0.794. The SMILES string of the molecule is O=C([C@H]1CC=CCC1)N1CCC(COc2ccccc2)CC1. The minimum Gasteiger partial charge on any atom is -0.493 e. The van der Waals surface area contributed by atoms with Crippen LogP contribution in [0.15, 0.2) is 42.5 Å². The summed E-state index contributed by atoms with van der Waals surface area (Å²) in [6.07, 6.45) is 9.46. The van der Waals surface area contributed by atoms with Gasteiger partial charge in [0.25, 0.3) is 0 Å². The van der Waals surface area contributed by atoms with Gasteiger partial charge in [-0.1, -0.05) is 30.4 Å². The highest BCUT2D eigenvalue weighted by Gasteiger charge is 2.28. The molecular weight excluding hydrogens is 274 g/mol. The Morgan fingerprint density at radius 2 is 1.86 bits per heavy atom. The number of carbonyl (C=O) groups is 1. The molecule has 1 aliphatic heterocycles. The molecule has 1 heterocycles. The summed E-state index contributed by atoms with van der Waals surface area (Å²) in [5.41, 5.74) is 0. The Morgan fingerprint density at radius 3 is 2.55 bits per heavy atom. The summed E-state index contributed by atoms with van der Waals surface area (Å²) in [6, 6.07) is 9.98. The van der Waals surface area contributed by atoms with Gasteiger partial charge in [0.2, 0.25) is 5.91 Å².